The fourth-order valence-electron chi connectivity index (χ4n) is 2.14. The summed E-state index contributed by atoms with van der Waals surface area (Å²) in [6, 6.07) is 6.26. The van der Waals surface area contributed by atoms with Crippen molar-refractivity contribution in [3.05, 3.63) is 21.8 Å². The molecule has 0 saturated carbocycles. The van der Waals surface area contributed by atoms with Gasteiger partial charge in [0.25, 0.3) is 0 Å². The Balaban J connectivity index is 2.24. The SMILES string of the molecule is CCN(CC)CCn1c(N)nc2cc(I)ccc21. The molecule has 0 spiro atoms. The maximum atomic E-state index is 6.00. The molecule has 0 fully saturated rings. The third-order valence-electron chi connectivity index (χ3n) is 3.27. The summed E-state index contributed by atoms with van der Waals surface area (Å²) in [5.74, 6) is 0.610. The van der Waals surface area contributed by atoms with Gasteiger partial charge in [-0.2, -0.15) is 0 Å². The first kappa shape index (κ1) is 13.6. The topological polar surface area (TPSA) is 47.1 Å². The van der Waals surface area contributed by atoms with E-state index in [2.05, 4.69) is 69.1 Å². The quantitative estimate of drug-likeness (QED) is 0.836. The zero-order valence-corrected chi connectivity index (χ0v) is 13.0. The van der Waals surface area contributed by atoms with Crippen LogP contribution in [0.15, 0.2) is 18.2 Å². The van der Waals surface area contributed by atoms with E-state index in [9.17, 15) is 0 Å². The van der Waals surface area contributed by atoms with Gasteiger partial charge in [0.05, 0.1) is 11.0 Å². The smallest absolute Gasteiger partial charge is 0.201 e. The van der Waals surface area contributed by atoms with Crippen LogP contribution in [0.3, 0.4) is 0 Å². The van der Waals surface area contributed by atoms with Crippen LogP contribution in [0.1, 0.15) is 13.8 Å². The van der Waals surface area contributed by atoms with E-state index in [0.29, 0.717) is 5.95 Å². The lowest BCUT2D eigenvalue weighted by Crippen LogP contribution is -2.27. The van der Waals surface area contributed by atoms with Crippen molar-refractivity contribution in [3.8, 4) is 0 Å². The van der Waals surface area contributed by atoms with Crippen molar-refractivity contribution in [2.75, 3.05) is 25.4 Å². The van der Waals surface area contributed by atoms with E-state index in [1.807, 2.05) is 0 Å². The highest BCUT2D eigenvalue weighted by molar-refractivity contribution is 14.1. The Morgan fingerprint density at radius 1 is 1.33 bits per heavy atom. The molecule has 2 aromatic rings. The van der Waals surface area contributed by atoms with Gasteiger partial charge in [0.2, 0.25) is 5.95 Å². The molecule has 98 valence electrons. The lowest BCUT2D eigenvalue weighted by molar-refractivity contribution is 0.292. The molecule has 0 aliphatic carbocycles. The van der Waals surface area contributed by atoms with E-state index >= 15 is 0 Å². The maximum Gasteiger partial charge on any atom is 0.201 e. The molecule has 0 amide bonds. The van der Waals surface area contributed by atoms with Crippen LogP contribution in [0.4, 0.5) is 5.95 Å². The molecule has 1 aromatic carbocycles. The van der Waals surface area contributed by atoms with Gasteiger partial charge in [0.15, 0.2) is 0 Å². The highest BCUT2D eigenvalue weighted by Crippen LogP contribution is 2.20. The summed E-state index contributed by atoms with van der Waals surface area (Å²) in [5, 5.41) is 0. The first-order chi connectivity index (χ1) is 8.65. The number of imidazole rings is 1. The van der Waals surface area contributed by atoms with E-state index < -0.39 is 0 Å². The number of hydrogen-bond acceptors (Lipinski definition) is 3. The summed E-state index contributed by atoms with van der Waals surface area (Å²) in [6.07, 6.45) is 0. The highest BCUT2D eigenvalue weighted by atomic mass is 127. The molecular weight excluding hydrogens is 339 g/mol. The van der Waals surface area contributed by atoms with Crippen LogP contribution in [0.2, 0.25) is 0 Å². The summed E-state index contributed by atoms with van der Waals surface area (Å²) in [4.78, 5) is 6.81. The molecule has 4 nitrogen and oxygen atoms in total. The van der Waals surface area contributed by atoms with E-state index in [4.69, 9.17) is 5.73 Å². The van der Waals surface area contributed by atoms with Gasteiger partial charge in [0.1, 0.15) is 0 Å². The molecule has 0 unspecified atom stereocenters. The van der Waals surface area contributed by atoms with Crippen molar-refractivity contribution >= 4 is 39.6 Å². The number of fused-ring (bicyclic) bond motifs is 1. The second-order valence-corrected chi connectivity index (χ2v) is 5.53. The van der Waals surface area contributed by atoms with Crippen LogP contribution in [-0.2, 0) is 6.54 Å². The van der Waals surface area contributed by atoms with E-state index in [1.165, 1.54) is 3.57 Å². The first-order valence-electron chi connectivity index (χ1n) is 6.29. The summed E-state index contributed by atoms with van der Waals surface area (Å²) in [7, 11) is 0. The largest absolute Gasteiger partial charge is 0.369 e. The Hall–Kier alpha value is -0.820. The molecule has 0 bridgehead atoms. The second-order valence-electron chi connectivity index (χ2n) is 4.28. The van der Waals surface area contributed by atoms with Gasteiger partial charge < -0.3 is 15.2 Å². The number of halogens is 1. The van der Waals surface area contributed by atoms with Crippen molar-refractivity contribution in [2.24, 2.45) is 0 Å². The molecule has 18 heavy (non-hydrogen) atoms. The number of likely N-dealkylation sites (N-methyl/N-ethyl adjacent to an activating group) is 1. The summed E-state index contributed by atoms with van der Waals surface area (Å²) >= 11 is 2.29. The second kappa shape index (κ2) is 5.88. The van der Waals surface area contributed by atoms with Crippen molar-refractivity contribution in [2.45, 2.75) is 20.4 Å². The molecule has 0 atom stereocenters. The van der Waals surface area contributed by atoms with Gasteiger partial charge >= 0.3 is 0 Å². The van der Waals surface area contributed by atoms with E-state index in [-0.39, 0.29) is 0 Å². The average Bonchev–Trinajstić information content (AvgIpc) is 2.66. The monoisotopic (exact) mass is 358 g/mol. The molecular formula is C13H19IN4. The number of aromatic nitrogens is 2. The minimum absolute atomic E-state index is 0.610. The Morgan fingerprint density at radius 3 is 2.72 bits per heavy atom. The summed E-state index contributed by atoms with van der Waals surface area (Å²) in [6.45, 7) is 8.41. The highest BCUT2D eigenvalue weighted by Gasteiger charge is 2.09. The van der Waals surface area contributed by atoms with Crippen LogP contribution in [0, 0.1) is 3.57 Å². The molecule has 1 heterocycles. The predicted octanol–water partition coefficient (Wildman–Crippen LogP) is 2.56. The van der Waals surface area contributed by atoms with Gasteiger partial charge in [-0.25, -0.2) is 4.98 Å². The van der Waals surface area contributed by atoms with Gasteiger partial charge in [-0.3, -0.25) is 0 Å². The normalized spacial score (nSPS) is 11.6. The molecule has 0 aliphatic rings. The lowest BCUT2D eigenvalue weighted by Gasteiger charge is -2.18. The number of nitrogens with zero attached hydrogens (tertiary/aromatic N) is 3. The Morgan fingerprint density at radius 2 is 2.06 bits per heavy atom. The minimum Gasteiger partial charge on any atom is -0.369 e. The third-order valence-corrected chi connectivity index (χ3v) is 3.95. The van der Waals surface area contributed by atoms with Crippen LogP contribution in [0.25, 0.3) is 11.0 Å². The van der Waals surface area contributed by atoms with Gasteiger partial charge in [-0.15, -0.1) is 0 Å². The number of rotatable bonds is 5. The molecule has 2 N–H and O–H groups in total. The minimum atomic E-state index is 0.610. The van der Waals surface area contributed by atoms with Crippen molar-refractivity contribution in [1.29, 1.82) is 0 Å². The van der Waals surface area contributed by atoms with Crippen LogP contribution in [-0.4, -0.2) is 34.1 Å². The van der Waals surface area contributed by atoms with E-state index in [1.54, 1.807) is 0 Å². The lowest BCUT2D eigenvalue weighted by atomic mass is 10.3. The Kier molecular flexibility index (Phi) is 4.45. The molecule has 2 rings (SSSR count). The first-order valence-corrected chi connectivity index (χ1v) is 7.37. The standard InChI is InChI=1S/C13H19IN4/c1-3-17(4-2)7-8-18-12-6-5-10(14)9-11(12)16-13(18)15/h5-6,9H,3-4,7-8H2,1-2H3,(H2,15,16). The molecule has 0 saturated heterocycles. The fourth-order valence-corrected chi connectivity index (χ4v) is 2.61. The Bertz CT molecular complexity index is 531. The molecule has 5 heteroatoms. The van der Waals surface area contributed by atoms with E-state index in [0.717, 1.165) is 37.2 Å². The van der Waals surface area contributed by atoms with Crippen molar-refractivity contribution in [1.82, 2.24) is 14.5 Å². The maximum absolute atomic E-state index is 6.00. The van der Waals surface area contributed by atoms with Crippen molar-refractivity contribution in [3.63, 3.8) is 0 Å². The predicted molar refractivity (Wildman–Crippen MR) is 84.7 cm³/mol. The number of benzene rings is 1. The van der Waals surface area contributed by atoms with Crippen LogP contribution < -0.4 is 5.73 Å². The average molecular weight is 358 g/mol. The Labute approximate surface area is 121 Å². The molecule has 0 aliphatic heterocycles. The zero-order chi connectivity index (χ0) is 13.1. The van der Waals surface area contributed by atoms with Crippen LogP contribution >= 0.6 is 22.6 Å². The molecule has 1 aromatic heterocycles. The van der Waals surface area contributed by atoms with Gasteiger partial charge in [-0.1, -0.05) is 13.8 Å². The van der Waals surface area contributed by atoms with Gasteiger partial charge in [0, 0.05) is 16.7 Å². The number of nitrogens with two attached hydrogens (primary N) is 1. The number of nitrogen functional groups attached to an aromatic ring is 1. The summed E-state index contributed by atoms with van der Waals surface area (Å²) < 4.78 is 3.29. The van der Waals surface area contributed by atoms with Crippen LogP contribution in [0.5, 0.6) is 0 Å². The number of hydrogen-bond donors (Lipinski definition) is 1. The van der Waals surface area contributed by atoms with Crippen molar-refractivity contribution < 1.29 is 0 Å². The molecule has 0 radical (unpaired) electrons. The number of anilines is 1. The summed E-state index contributed by atoms with van der Waals surface area (Å²) in [5.41, 5.74) is 8.11. The fraction of sp³-hybridized carbons (Fsp3) is 0.462. The van der Waals surface area contributed by atoms with Gasteiger partial charge in [-0.05, 0) is 53.9 Å². The zero-order valence-electron chi connectivity index (χ0n) is 10.9. The third kappa shape index (κ3) is 2.77.